The molecular weight excluding hydrogens is 382 g/mol. The number of amides is 1. The Hall–Kier alpha value is -3.20. The van der Waals surface area contributed by atoms with Gasteiger partial charge in [0.25, 0.3) is 0 Å². The Morgan fingerprint density at radius 3 is 3.00 bits per heavy atom. The van der Waals surface area contributed by atoms with Gasteiger partial charge in [-0.15, -0.1) is 11.3 Å². The van der Waals surface area contributed by atoms with Crippen LogP contribution in [0.2, 0.25) is 0 Å². The molecule has 9 heteroatoms. The minimum absolute atomic E-state index is 0.0455. The van der Waals surface area contributed by atoms with Crippen LogP contribution in [-0.4, -0.2) is 33.7 Å². The molecule has 0 saturated carbocycles. The Morgan fingerprint density at radius 2 is 2.21 bits per heavy atom. The number of hydrogen-bond acceptors (Lipinski definition) is 7. The second kappa shape index (κ2) is 7.81. The van der Waals surface area contributed by atoms with E-state index in [9.17, 15) is 14.7 Å². The molecule has 3 heterocycles. The van der Waals surface area contributed by atoms with Crippen LogP contribution in [0.15, 0.2) is 40.2 Å². The van der Waals surface area contributed by atoms with E-state index in [-0.39, 0.29) is 12.8 Å². The number of ether oxygens (including phenoxy) is 1. The molecule has 4 rings (SSSR count). The first-order valence-corrected chi connectivity index (χ1v) is 9.62. The number of carbonyl (C=O) groups excluding carboxylic acids is 1. The maximum atomic E-state index is 12.3. The van der Waals surface area contributed by atoms with Gasteiger partial charge in [-0.05, 0) is 34.7 Å². The molecule has 1 aliphatic heterocycles. The molecule has 1 aromatic carbocycles. The van der Waals surface area contributed by atoms with Crippen LogP contribution in [0.4, 0.5) is 0 Å². The number of thiophene rings is 1. The Balaban J connectivity index is 1.38. The molecule has 144 valence electrons. The number of carboxylic acids is 1. The van der Waals surface area contributed by atoms with Crippen molar-refractivity contribution in [2.24, 2.45) is 0 Å². The molecule has 8 nitrogen and oxygen atoms in total. The minimum Gasteiger partial charge on any atom is -0.493 e. The molecule has 3 aromatic rings. The summed E-state index contributed by atoms with van der Waals surface area (Å²) in [5.41, 5.74) is 1.47. The first-order valence-electron chi connectivity index (χ1n) is 8.74. The maximum absolute atomic E-state index is 12.3. The number of aromatic nitrogens is 2. The summed E-state index contributed by atoms with van der Waals surface area (Å²) in [6.07, 6.45) is 1.01. The highest BCUT2D eigenvalue weighted by molar-refractivity contribution is 7.13. The van der Waals surface area contributed by atoms with Crippen LogP contribution in [0.3, 0.4) is 0 Å². The number of aliphatic carboxylic acids is 1. The Morgan fingerprint density at radius 1 is 1.32 bits per heavy atom. The average molecular weight is 399 g/mol. The number of nitrogens with zero attached hydrogens (tertiary/aromatic N) is 2. The van der Waals surface area contributed by atoms with Gasteiger partial charge in [0, 0.05) is 19.3 Å². The highest BCUT2D eigenvalue weighted by Gasteiger charge is 2.24. The van der Waals surface area contributed by atoms with E-state index in [4.69, 9.17) is 9.26 Å². The Labute approximate surface area is 164 Å². The van der Waals surface area contributed by atoms with Crippen molar-refractivity contribution < 1.29 is 24.0 Å². The van der Waals surface area contributed by atoms with Crippen LogP contribution in [-0.2, 0) is 22.4 Å². The van der Waals surface area contributed by atoms with Crippen molar-refractivity contribution in [3.8, 4) is 16.5 Å². The van der Waals surface area contributed by atoms with Crippen LogP contribution in [0.25, 0.3) is 10.7 Å². The summed E-state index contributed by atoms with van der Waals surface area (Å²) in [5.74, 6) is 0.0523. The summed E-state index contributed by atoms with van der Waals surface area (Å²) >= 11 is 1.49. The summed E-state index contributed by atoms with van der Waals surface area (Å²) in [6.45, 7) is 0.584. The zero-order valence-corrected chi connectivity index (χ0v) is 15.6. The molecule has 0 spiro atoms. The van der Waals surface area contributed by atoms with Gasteiger partial charge in [0.05, 0.1) is 11.5 Å². The molecule has 28 heavy (non-hydrogen) atoms. The molecule has 2 N–H and O–H groups in total. The third-order valence-corrected chi connectivity index (χ3v) is 5.24. The molecule has 0 aliphatic carbocycles. The zero-order valence-electron chi connectivity index (χ0n) is 14.8. The van der Waals surface area contributed by atoms with E-state index in [0.717, 1.165) is 22.6 Å². The van der Waals surface area contributed by atoms with Gasteiger partial charge in [-0.3, -0.25) is 4.79 Å². The number of benzene rings is 1. The second-order valence-electron chi connectivity index (χ2n) is 6.29. The van der Waals surface area contributed by atoms with Gasteiger partial charge in [0.15, 0.2) is 6.04 Å². The molecule has 0 bridgehead atoms. The van der Waals surface area contributed by atoms with Crippen LogP contribution in [0.1, 0.15) is 29.5 Å². The van der Waals surface area contributed by atoms with Crippen molar-refractivity contribution in [3.63, 3.8) is 0 Å². The molecule has 0 saturated heterocycles. The SMILES string of the molecule is O=C(CCc1nc(-c2cccs2)no1)NC(C(=O)O)c1ccc2c(c1)CCO2. The summed E-state index contributed by atoms with van der Waals surface area (Å²) in [6, 6.07) is 7.82. The fourth-order valence-corrected chi connectivity index (χ4v) is 3.64. The van der Waals surface area contributed by atoms with Gasteiger partial charge < -0.3 is 19.7 Å². The van der Waals surface area contributed by atoms with Crippen molar-refractivity contribution in [1.29, 1.82) is 0 Å². The van der Waals surface area contributed by atoms with Crippen molar-refractivity contribution in [1.82, 2.24) is 15.5 Å². The summed E-state index contributed by atoms with van der Waals surface area (Å²) in [4.78, 5) is 29.1. The first-order chi connectivity index (χ1) is 13.6. The highest BCUT2D eigenvalue weighted by atomic mass is 32.1. The standard InChI is InChI=1S/C19H17N3O5S/c23-15(5-6-16-21-18(22-27-16)14-2-1-9-28-14)20-17(19(24)25)12-3-4-13-11(10-12)7-8-26-13/h1-4,9-10,17H,5-8H2,(H,20,23)(H,24,25). The van der Waals surface area contributed by atoms with Crippen LogP contribution in [0.5, 0.6) is 5.75 Å². The normalized spacial score (nSPS) is 13.6. The van der Waals surface area contributed by atoms with Crippen LogP contribution in [0, 0.1) is 0 Å². The van der Waals surface area contributed by atoms with Gasteiger partial charge >= 0.3 is 5.97 Å². The van der Waals surface area contributed by atoms with Crippen molar-refractivity contribution >= 4 is 23.2 Å². The van der Waals surface area contributed by atoms with E-state index in [2.05, 4.69) is 15.5 Å². The van der Waals surface area contributed by atoms with Gasteiger partial charge in [-0.2, -0.15) is 4.98 Å². The molecule has 0 fully saturated rings. The summed E-state index contributed by atoms with van der Waals surface area (Å²) in [5, 5.41) is 17.9. The molecule has 2 aromatic heterocycles. The van der Waals surface area contributed by atoms with E-state index in [0.29, 0.717) is 23.9 Å². The quantitative estimate of drug-likeness (QED) is 0.627. The van der Waals surface area contributed by atoms with Gasteiger partial charge in [-0.25, -0.2) is 4.79 Å². The molecule has 1 aliphatic rings. The van der Waals surface area contributed by atoms with E-state index < -0.39 is 17.9 Å². The first kappa shape index (κ1) is 18.2. The number of carbonyl (C=O) groups is 2. The molecule has 0 radical (unpaired) electrons. The van der Waals surface area contributed by atoms with E-state index >= 15 is 0 Å². The average Bonchev–Trinajstić information content (AvgIpc) is 3.44. The van der Waals surface area contributed by atoms with Crippen molar-refractivity contribution in [3.05, 3.63) is 52.7 Å². The largest absolute Gasteiger partial charge is 0.493 e. The second-order valence-corrected chi connectivity index (χ2v) is 7.24. The van der Waals surface area contributed by atoms with Crippen molar-refractivity contribution in [2.75, 3.05) is 6.61 Å². The fraction of sp³-hybridized carbons (Fsp3) is 0.263. The summed E-state index contributed by atoms with van der Waals surface area (Å²) in [7, 11) is 0. The smallest absolute Gasteiger partial charge is 0.330 e. The molecule has 1 atom stereocenters. The lowest BCUT2D eigenvalue weighted by Gasteiger charge is -2.15. The van der Waals surface area contributed by atoms with Gasteiger partial charge in [0.2, 0.25) is 17.6 Å². The molecule has 1 unspecified atom stereocenters. The summed E-state index contributed by atoms with van der Waals surface area (Å²) < 4.78 is 10.6. The highest BCUT2D eigenvalue weighted by Crippen LogP contribution is 2.28. The monoisotopic (exact) mass is 399 g/mol. The molecule has 1 amide bonds. The van der Waals surface area contributed by atoms with E-state index in [1.807, 2.05) is 17.5 Å². The zero-order chi connectivity index (χ0) is 19.5. The lowest BCUT2D eigenvalue weighted by Crippen LogP contribution is -2.33. The van der Waals surface area contributed by atoms with E-state index in [1.165, 1.54) is 11.3 Å². The predicted molar refractivity (Wildman–Crippen MR) is 100 cm³/mol. The predicted octanol–water partition coefficient (Wildman–Crippen LogP) is 2.61. The van der Waals surface area contributed by atoms with Crippen LogP contribution < -0.4 is 10.1 Å². The number of hydrogen-bond donors (Lipinski definition) is 2. The molecular formula is C19H17N3O5S. The third kappa shape index (κ3) is 3.89. The minimum atomic E-state index is -1.12. The number of fused-ring (bicyclic) bond motifs is 1. The van der Waals surface area contributed by atoms with Gasteiger partial charge in [0.1, 0.15) is 5.75 Å². The number of carboxylic acid groups (broad SMARTS) is 1. The topological polar surface area (TPSA) is 115 Å². The third-order valence-electron chi connectivity index (χ3n) is 4.37. The van der Waals surface area contributed by atoms with E-state index in [1.54, 1.807) is 18.2 Å². The number of aryl methyl sites for hydroxylation is 1. The maximum Gasteiger partial charge on any atom is 0.330 e. The Kier molecular flexibility index (Phi) is 5.07. The lowest BCUT2D eigenvalue weighted by molar-refractivity contribution is -0.142. The van der Waals surface area contributed by atoms with Crippen LogP contribution >= 0.6 is 11.3 Å². The number of nitrogens with one attached hydrogen (secondary N) is 1. The Bertz CT molecular complexity index is 999. The lowest BCUT2D eigenvalue weighted by atomic mass is 10.0. The van der Waals surface area contributed by atoms with Crippen molar-refractivity contribution in [2.45, 2.75) is 25.3 Å². The van der Waals surface area contributed by atoms with Gasteiger partial charge in [-0.1, -0.05) is 17.3 Å². The fourth-order valence-electron chi connectivity index (χ4n) is 2.99. The number of rotatable bonds is 7.